The zero-order valence-electron chi connectivity index (χ0n) is 13.5. The van der Waals surface area contributed by atoms with E-state index < -0.39 is 11.7 Å². The van der Waals surface area contributed by atoms with E-state index in [1.807, 2.05) is 0 Å². The average Bonchev–Trinajstić information content (AvgIpc) is 3.34. The van der Waals surface area contributed by atoms with Crippen LogP contribution in [0, 0.1) is 5.82 Å². The number of nitrogens with one attached hydrogen (secondary N) is 1. The Balaban J connectivity index is 1.71. The Morgan fingerprint density at radius 3 is 2.85 bits per heavy atom. The van der Waals surface area contributed by atoms with Gasteiger partial charge in [0.05, 0.1) is 34.4 Å². The van der Waals surface area contributed by atoms with Gasteiger partial charge in [0.2, 0.25) is 0 Å². The summed E-state index contributed by atoms with van der Waals surface area (Å²) in [5.74, 6) is -0.637. The molecule has 27 heavy (non-hydrogen) atoms. The quantitative estimate of drug-likeness (QED) is 0.579. The smallest absolute Gasteiger partial charge is 0.257 e. The Bertz CT molecular complexity index is 1110. The van der Waals surface area contributed by atoms with Crippen LogP contribution in [0.25, 0.3) is 11.5 Å². The molecule has 0 atom stereocenters. The molecule has 4 aromatic rings. The predicted octanol–water partition coefficient (Wildman–Crippen LogP) is 2.29. The first-order chi connectivity index (χ1) is 13.1. The number of hydrogen-bond acceptors (Lipinski definition) is 6. The number of carbonyl (C=O) groups is 1. The molecule has 0 aliphatic rings. The van der Waals surface area contributed by atoms with E-state index >= 15 is 0 Å². The van der Waals surface area contributed by atoms with Gasteiger partial charge in [0.25, 0.3) is 5.91 Å². The molecule has 11 heteroatoms. The van der Waals surface area contributed by atoms with Gasteiger partial charge in [-0.1, -0.05) is 11.6 Å². The molecule has 0 saturated heterocycles. The van der Waals surface area contributed by atoms with Crippen molar-refractivity contribution in [3.8, 4) is 11.5 Å². The summed E-state index contributed by atoms with van der Waals surface area (Å²) in [5.41, 5.74) is 0.774. The molecule has 1 amide bonds. The number of tetrazole rings is 1. The van der Waals surface area contributed by atoms with E-state index in [1.165, 1.54) is 40.1 Å². The Kier molecular flexibility index (Phi) is 4.30. The van der Waals surface area contributed by atoms with Crippen LogP contribution in [0.2, 0.25) is 5.02 Å². The second-order valence-electron chi connectivity index (χ2n) is 5.35. The minimum atomic E-state index is -0.523. The monoisotopic (exact) mass is 384 g/mol. The standard InChI is InChI=1S/C16H10ClFN8O/c17-10-7-21-25(8-10)15-13(2-1-5-19-15)22-16(27)12-4-3-11(18)6-14(12)26-9-20-23-24-26/h1-9H,(H,22,27). The minimum absolute atomic E-state index is 0.178. The number of nitrogens with zero attached hydrogens (tertiary/aromatic N) is 7. The third-order valence-electron chi connectivity index (χ3n) is 3.60. The summed E-state index contributed by atoms with van der Waals surface area (Å²) < 4.78 is 16.3. The van der Waals surface area contributed by atoms with E-state index in [-0.39, 0.29) is 11.3 Å². The lowest BCUT2D eigenvalue weighted by Crippen LogP contribution is -2.17. The van der Waals surface area contributed by atoms with Gasteiger partial charge in [-0.3, -0.25) is 4.79 Å². The number of benzene rings is 1. The first-order valence-electron chi connectivity index (χ1n) is 7.61. The highest BCUT2D eigenvalue weighted by molar-refractivity contribution is 6.30. The van der Waals surface area contributed by atoms with Crippen LogP contribution in [-0.4, -0.2) is 40.9 Å². The highest BCUT2D eigenvalue weighted by atomic mass is 35.5. The highest BCUT2D eigenvalue weighted by Gasteiger charge is 2.17. The number of rotatable bonds is 4. The third-order valence-corrected chi connectivity index (χ3v) is 3.80. The SMILES string of the molecule is O=C(Nc1cccnc1-n1cc(Cl)cn1)c1ccc(F)cc1-n1cnnn1. The third kappa shape index (κ3) is 3.37. The van der Waals surface area contributed by atoms with E-state index in [4.69, 9.17) is 11.6 Å². The molecule has 0 radical (unpaired) electrons. The number of pyridine rings is 1. The Hall–Kier alpha value is -3.66. The van der Waals surface area contributed by atoms with E-state index in [9.17, 15) is 9.18 Å². The number of halogens is 2. The molecule has 0 aliphatic carbocycles. The fraction of sp³-hybridized carbons (Fsp3) is 0. The van der Waals surface area contributed by atoms with Gasteiger partial charge in [0.1, 0.15) is 12.1 Å². The lowest BCUT2D eigenvalue weighted by molar-refractivity contribution is 0.102. The van der Waals surface area contributed by atoms with E-state index in [0.717, 1.165) is 0 Å². The van der Waals surface area contributed by atoms with Crippen LogP contribution in [0.4, 0.5) is 10.1 Å². The Morgan fingerprint density at radius 2 is 2.11 bits per heavy atom. The lowest BCUT2D eigenvalue weighted by atomic mass is 10.1. The van der Waals surface area contributed by atoms with Gasteiger partial charge in [-0.2, -0.15) is 9.78 Å². The van der Waals surface area contributed by atoms with Gasteiger partial charge in [0, 0.05) is 12.3 Å². The summed E-state index contributed by atoms with van der Waals surface area (Å²) >= 11 is 5.90. The molecule has 0 spiro atoms. The molecule has 1 N–H and O–H groups in total. The van der Waals surface area contributed by atoms with Gasteiger partial charge in [0.15, 0.2) is 5.82 Å². The molecule has 9 nitrogen and oxygen atoms in total. The number of amides is 1. The molecule has 3 aromatic heterocycles. The predicted molar refractivity (Wildman–Crippen MR) is 93.4 cm³/mol. The zero-order valence-corrected chi connectivity index (χ0v) is 14.2. The fourth-order valence-corrected chi connectivity index (χ4v) is 2.58. The van der Waals surface area contributed by atoms with Gasteiger partial charge < -0.3 is 5.32 Å². The summed E-state index contributed by atoms with van der Waals surface area (Å²) in [4.78, 5) is 17.1. The topological polar surface area (TPSA) is 103 Å². The van der Waals surface area contributed by atoms with Crippen LogP contribution < -0.4 is 5.32 Å². The summed E-state index contributed by atoms with van der Waals surface area (Å²) in [6, 6.07) is 7.03. The van der Waals surface area contributed by atoms with Crippen LogP contribution in [0.15, 0.2) is 55.2 Å². The van der Waals surface area contributed by atoms with Crippen molar-refractivity contribution in [2.24, 2.45) is 0 Å². The first kappa shape index (κ1) is 16.8. The average molecular weight is 385 g/mol. The van der Waals surface area contributed by atoms with Crippen molar-refractivity contribution in [3.05, 3.63) is 71.7 Å². The number of carbonyl (C=O) groups excluding carboxylic acids is 1. The molecular formula is C16H10ClFN8O. The van der Waals surface area contributed by atoms with Crippen LogP contribution in [0.1, 0.15) is 10.4 Å². The van der Waals surface area contributed by atoms with Gasteiger partial charge >= 0.3 is 0 Å². The molecule has 0 saturated carbocycles. The summed E-state index contributed by atoms with van der Waals surface area (Å²) in [6.07, 6.45) is 5.85. The first-order valence-corrected chi connectivity index (χ1v) is 7.99. The van der Waals surface area contributed by atoms with E-state index in [0.29, 0.717) is 16.5 Å². The van der Waals surface area contributed by atoms with Crippen LogP contribution in [0.3, 0.4) is 0 Å². The molecule has 0 unspecified atom stereocenters. The van der Waals surface area contributed by atoms with E-state index in [1.54, 1.807) is 24.5 Å². The number of aromatic nitrogens is 7. The molecule has 0 bridgehead atoms. The zero-order chi connectivity index (χ0) is 18.8. The number of hydrogen-bond donors (Lipinski definition) is 1. The largest absolute Gasteiger partial charge is 0.319 e. The van der Waals surface area contributed by atoms with Crippen LogP contribution in [0.5, 0.6) is 0 Å². The molecule has 0 aliphatic heterocycles. The second kappa shape index (κ2) is 6.92. The lowest BCUT2D eigenvalue weighted by Gasteiger charge is -2.12. The van der Waals surface area contributed by atoms with Gasteiger partial charge in [-0.05, 0) is 34.7 Å². The van der Waals surface area contributed by atoms with Crippen molar-refractivity contribution in [1.29, 1.82) is 0 Å². The second-order valence-corrected chi connectivity index (χ2v) is 5.78. The van der Waals surface area contributed by atoms with E-state index in [2.05, 4.69) is 30.9 Å². The number of anilines is 1. The van der Waals surface area contributed by atoms with Crippen molar-refractivity contribution in [2.75, 3.05) is 5.32 Å². The van der Waals surface area contributed by atoms with Crippen molar-refractivity contribution in [3.63, 3.8) is 0 Å². The molecule has 1 aromatic carbocycles. The molecule has 3 heterocycles. The van der Waals surface area contributed by atoms with Gasteiger partial charge in [-0.15, -0.1) is 5.10 Å². The van der Waals surface area contributed by atoms with Crippen molar-refractivity contribution < 1.29 is 9.18 Å². The Morgan fingerprint density at radius 1 is 1.22 bits per heavy atom. The maximum Gasteiger partial charge on any atom is 0.257 e. The van der Waals surface area contributed by atoms with Crippen molar-refractivity contribution >= 4 is 23.2 Å². The Labute approximate surface area is 156 Å². The normalized spacial score (nSPS) is 10.7. The molecule has 0 fully saturated rings. The summed E-state index contributed by atoms with van der Waals surface area (Å²) in [6.45, 7) is 0. The van der Waals surface area contributed by atoms with Gasteiger partial charge in [-0.25, -0.2) is 14.1 Å². The summed E-state index contributed by atoms with van der Waals surface area (Å²) in [7, 11) is 0. The minimum Gasteiger partial charge on any atom is -0.319 e. The highest BCUT2D eigenvalue weighted by Crippen LogP contribution is 2.21. The molecular weight excluding hydrogens is 375 g/mol. The molecule has 4 rings (SSSR count). The summed E-state index contributed by atoms with van der Waals surface area (Å²) in [5, 5.41) is 18.0. The van der Waals surface area contributed by atoms with Crippen molar-refractivity contribution in [1.82, 2.24) is 35.0 Å². The van der Waals surface area contributed by atoms with Crippen molar-refractivity contribution in [2.45, 2.75) is 0 Å². The maximum atomic E-state index is 13.7. The fourth-order valence-electron chi connectivity index (χ4n) is 2.44. The van der Waals surface area contributed by atoms with Crippen LogP contribution >= 0.6 is 11.6 Å². The molecule has 134 valence electrons. The van der Waals surface area contributed by atoms with Crippen LogP contribution in [-0.2, 0) is 0 Å². The maximum absolute atomic E-state index is 13.7.